The van der Waals surface area contributed by atoms with Crippen molar-refractivity contribution in [1.29, 1.82) is 0 Å². The lowest BCUT2D eigenvalue weighted by atomic mass is 10.1. The first-order valence-corrected chi connectivity index (χ1v) is 14.4. The van der Waals surface area contributed by atoms with Crippen LogP contribution in [0.25, 0.3) is 10.9 Å². The highest BCUT2D eigenvalue weighted by Crippen LogP contribution is 2.29. The fourth-order valence-electron chi connectivity index (χ4n) is 4.62. The van der Waals surface area contributed by atoms with E-state index < -0.39 is 16.1 Å². The number of fused-ring (bicyclic) bond motifs is 2. The van der Waals surface area contributed by atoms with E-state index in [0.29, 0.717) is 35.4 Å². The number of piperazine rings is 1. The molecule has 0 spiro atoms. The summed E-state index contributed by atoms with van der Waals surface area (Å²) in [4.78, 5) is 37.4. The average molecular weight is 567 g/mol. The molecule has 1 fully saturated rings. The van der Waals surface area contributed by atoms with E-state index >= 15 is 0 Å². The van der Waals surface area contributed by atoms with Gasteiger partial charge in [-0.05, 0) is 24.3 Å². The van der Waals surface area contributed by atoms with Crippen LogP contribution in [0.3, 0.4) is 0 Å². The Morgan fingerprint density at radius 1 is 1.24 bits per heavy atom. The van der Waals surface area contributed by atoms with Crippen molar-refractivity contribution in [2.45, 2.75) is 30.5 Å². The molecule has 5 rings (SSSR count). The third-order valence-corrected chi connectivity index (χ3v) is 9.78. The van der Waals surface area contributed by atoms with Gasteiger partial charge in [0.1, 0.15) is 5.03 Å². The molecule has 2 aliphatic rings. The Morgan fingerprint density at radius 2 is 2.03 bits per heavy atom. The van der Waals surface area contributed by atoms with Gasteiger partial charge in [-0.2, -0.15) is 9.37 Å². The Labute approximate surface area is 223 Å². The van der Waals surface area contributed by atoms with Crippen LogP contribution >= 0.6 is 22.9 Å². The van der Waals surface area contributed by atoms with Crippen molar-refractivity contribution in [3.8, 4) is 0 Å². The van der Waals surface area contributed by atoms with Gasteiger partial charge in [0, 0.05) is 73.9 Å². The van der Waals surface area contributed by atoms with E-state index in [2.05, 4.69) is 9.97 Å². The van der Waals surface area contributed by atoms with Crippen molar-refractivity contribution in [2.24, 2.45) is 0 Å². The first-order chi connectivity index (χ1) is 17.5. The van der Waals surface area contributed by atoms with Crippen molar-refractivity contribution in [3.63, 3.8) is 0 Å². The van der Waals surface area contributed by atoms with Crippen molar-refractivity contribution in [2.75, 3.05) is 40.3 Å². The Bertz CT molecular complexity index is 1470. The molecule has 3 aromatic rings. The normalized spacial score (nSPS) is 19.2. The van der Waals surface area contributed by atoms with E-state index in [1.165, 1.54) is 25.6 Å². The summed E-state index contributed by atoms with van der Waals surface area (Å²) in [5.41, 5.74) is 1.44. The first kappa shape index (κ1) is 26.1. The largest absolute Gasteiger partial charge is 0.349 e. The van der Waals surface area contributed by atoms with Gasteiger partial charge in [0.25, 0.3) is 15.9 Å². The van der Waals surface area contributed by atoms with Crippen LogP contribution in [-0.2, 0) is 27.8 Å². The molecule has 1 atom stereocenters. The van der Waals surface area contributed by atoms with Gasteiger partial charge in [0.2, 0.25) is 5.91 Å². The lowest BCUT2D eigenvalue weighted by Crippen LogP contribution is -2.57. The minimum absolute atomic E-state index is 0.0252. The summed E-state index contributed by atoms with van der Waals surface area (Å²) in [5, 5.41) is 12.5. The Balaban J connectivity index is 1.41. The fourth-order valence-corrected chi connectivity index (χ4v) is 7.36. The predicted molar refractivity (Wildman–Crippen MR) is 138 cm³/mol. The number of aromatic nitrogens is 2. The molecule has 1 aromatic carbocycles. The lowest BCUT2D eigenvalue weighted by Gasteiger charge is -2.40. The van der Waals surface area contributed by atoms with Crippen LogP contribution in [0.2, 0.25) is 5.02 Å². The molecule has 2 aliphatic heterocycles. The quantitative estimate of drug-likeness (QED) is 0.483. The summed E-state index contributed by atoms with van der Waals surface area (Å²) < 4.78 is 28.4. The van der Waals surface area contributed by atoms with Crippen LogP contribution < -0.4 is 0 Å². The van der Waals surface area contributed by atoms with E-state index in [4.69, 9.17) is 11.6 Å². The minimum Gasteiger partial charge on any atom is -0.349 e. The minimum atomic E-state index is -3.92. The fraction of sp³-hybridized carbons (Fsp3) is 0.435. The second kappa shape index (κ2) is 9.97. The molecule has 4 heterocycles. The number of sulfonamides is 1. The van der Waals surface area contributed by atoms with E-state index in [1.54, 1.807) is 43.3 Å². The maximum absolute atomic E-state index is 13.5. The third kappa shape index (κ3) is 5.11. The van der Waals surface area contributed by atoms with Crippen molar-refractivity contribution in [1.82, 2.24) is 29.1 Å². The zero-order chi connectivity index (χ0) is 26.5. The van der Waals surface area contributed by atoms with Gasteiger partial charge in [0.15, 0.2) is 5.01 Å². The molecule has 2 amide bonds. The van der Waals surface area contributed by atoms with Crippen molar-refractivity contribution < 1.29 is 23.2 Å². The van der Waals surface area contributed by atoms with Gasteiger partial charge >= 0.3 is 0 Å². The summed E-state index contributed by atoms with van der Waals surface area (Å²) in [5.74, 6) is -0.547. The number of hydroxylamine groups is 2. The van der Waals surface area contributed by atoms with Crippen LogP contribution in [-0.4, -0.2) is 101 Å². The Morgan fingerprint density at radius 3 is 2.78 bits per heavy atom. The Kier molecular flexibility index (Phi) is 7.02. The molecular formula is C23H27ClN6O5S2. The summed E-state index contributed by atoms with van der Waals surface area (Å²) in [6.45, 7) is 0.920. The van der Waals surface area contributed by atoms with Crippen LogP contribution in [0.4, 0.5) is 0 Å². The van der Waals surface area contributed by atoms with Crippen molar-refractivity contribution in [3.05, 3.63) is 44.9 Å². The highest BCUT2D eigenvalue weighted by atomic mass is 35.5. The van der Waals surface area contributed by atoms with E-state index in [9.17, 15) is 23.2 Å². The number of carbonyl (C=O) groups is 2. The van der Waals surface area contributed by atoms with Gasteiger partial charge in [0.05, 0.1) is 18.3 Å². The number of carbonyl (C=O) groups excluding carboxylic acids is 2. The highest BCUT2D eigenvalue weighted by Gasteiger charge is 2.39. The SMILES string of the molecule is CN(C)C(=O)CC1CN(S(=O)(=O)c2cc3cc(Cl)ccc3[nH]2)CCN1C(=O)c1nc2c(s1)CN(O)CC2. The Hall–Kier alpha value is -2.55. The number of hydrogen-bond donors (Lipinski definition) is 2. The zero-order valence-corrected chi connectivity index (χ0v) is 22.7. The van der Waals surface area contributed by atoms with Gasteiger partial charge in [-0.3, -0.25) is 9.59 Å². The number of thiazole rings is 1. The molecule has 37 heavy (non-hydrogen) atoms. The molecular weight excluding hydrogens is 540 g/mol. The van der Waals surface area contributed by atoms with E-state index in [1.807, 2.05) is 0 Å². The molecule has 0 saturated carbocycles. The van der Waals surface area contributed by atoms with Gasteiger partial charge in [-0.1, -0.05) is 11.6 Å². The number of hydrogen-bond acceptors (Lipinski definition) is 8. The van der Waals surface area contributed by atoms with Crippen LogP contribution in [0.1, 0.15) is 26.8 Å². The lowest BCUT2D eigenvalue weighted by molar-refractivity contribution is -0.130. The highest BCUT2D eigenvalue weighted by molar-refractivity contribution is 7.89. The third-order valence-electron chi connectivity index (χ3n) is 6.69. The number of H-pyrrole nitrogens is 1. The molecule has 2 N–H and O–H groups in total. The van der Waals surface area contributed by atoms with Crippen molar-refractivity contribution >= 4 is 55.7 Å². The van der Waals surface area contributed by atoms with Crippen LogP contribution in [0, 0.1) is 0 Å². The maximum Gasteiger partial charge on any atom is 0.283 e. The van der Waals surface area contributed by atoms with E-state index in [0.717, 1.165) is 10.6 Å². The molecule has 198 valence electrons. The van der Waals surface area contributed by atoms with Crippen LogP contribution in [0.5, 0.6) is 0 Å². The number of halogens is 1. The molecule has 11 nitrogen and oxygen atoms in total. The molecule has 0 aliphatic carbocycles. The first-order valence-electron chi connectivity index (χ1n) is 11.7. The maximum atomic E-state index is 13.5. The topological polar surface area (TPSA) is 130 Å². The number of aromatic amines is 1. The monoisotopic (exact) mass is 566 g/mol. The van der Waals surface area contributed by atoms with Gasteiger partial charge in [-0.15, -0.1) is 11.3 Å². The molecule has 1 saturated heterocycles. The van der Waals surface area contributed by atoms with Gasteiger partial charge in [-0.25, -0.2) is 13.4 Å². The number of benzene rings is 1. The molecule has 0 radical (unpaired) electrons. The summed E-state index contributed by atoms with van der Waals surface area (Å²) in [6, 6.07) is 5.96. The number of amides is 2. The second-order valence-corrected chi connectivity index (χ2v) is 12.8. The second-order valence-electron chi connectivity index (χ2n) is 9.40. The predicted octanol–water partition coefficient (Wildman–Crippen LogP) is 2.02. The average Bonchev–Trinajstić information content (AvgIpc) is 3.47. The number of rotatable bonds is 5. The molecule has 0 bridgehead atoms. The zero-order valence-electron chi connectivity index (χ0n) is 20.3. The standard InChI is InChI=1S/C23H27ClN6O5S2/c1-27(2)21(31)11-16-12-29(37(34,35)20-10-14-9-15(24)3-4-17(14)25-20)7-8-30(16)23(32)22-26-18-5-6-28(33)13-19(18)36-22/h3-4,9-10,16,25,33H,5-8,11-13H2,1-2H3. The summed E-state index contributed by atoms with van der Waals surface area (Å²) in [7, 11) is -0.678. The van der Waals surface area contributed by atoms with E-state index in [-0.39, 0.29) is 47.9 Å². The van der Waals surface area contributed by atoms with Crippen LogP contribution in [0.15, 0.2) is 29.3 Å². The number of nitrogens with one attached hydrogen (secondary N) is 1. The summed E-state index contributed by atoms with van der Waals surface area (Å²) in [6.07, 6.45) is 0.516. The number of nitrogens with zero attached hydrogens (tertiary/aromatic N) is 5. The van der Waals surface area contributed by atoms with Gasteiger partial charge < -0.3 is 20.0 Å². The molecule has 1 unspecified atom stereocenters. The summed E-state index contributed by atoms with van der Waals surface area (Å²) >= 11 is 7.28. The molecule has 14 heteroatoms. The molecule has 2 aromatic heterocycles. The smallest absolute Gasteiger partial charge is 0.283 e.